The molecule has 1 aromatic carbocycles. The normalized spacial score (nSPS) is 15.7. The number of primary amides is 1. The fraction of sp³-hybridized carbons (Fsp3) is 0.478. The van der Waals surface area contributed by atoms with Gasteiger partial charge >= 0.3 is 6.09 Å². The summed E-state index contributed by atoms with van der Waals surface area (Å²) in [6, 6.07) is 3.72. The standard InChI is InChI=1S/C23H30FN5O4/c1-14(2)29(15(3)4)22(30)18-9-17(24)5-6-19(18)33-20-10-26-13-27-21(20)28-8-7-16(11-28)12-32-23(25)31/h5-6,9-10,13-16H,7-8,11-12H2,1-4H3,(H2,25,31). The molecule has 1 saturated heterocycles. The molecule has 178 valence electrons. The number of halogens is 1. The highest BCUT2D eigenvalue weighted by Gasteiger charge is 2.29. The molecule has 1 fully saturated rings. The van der Waals surface area contributed by atoms with Crippen LogP contribution in [0.25, 0.3) is 0 Å². The van der Waals surface area contributed by atoms with Gasteiger partial charge in [0, 0.05) is 31.1 Å². The molecule has 2 amide bonds. The van der Waals surface area contributed by atoms with Gasteiger partial charge in [-0.1, -0.05) is 0 Å². The number of nitrogens with two attached hydrogens (primary N) is 1. The van der Waals surface area contributed by atoms with E-state index in [1.54, 1.807) is 4.90 Å². The Kier molecular flexibility index (Phi) is 7.67. The second-order valence-electron chi connectivity index (χ2n) is 8.58. The average molecular weight is 460 g/mol. The lowest BCUT2D eigenvalue weighted by atomic mass is 10.1. The van der Waals surface area contributed by atoms with Crippen molar-refractivity contribution in [1.29, 1.82) is 0 Å². The maximum atomic E-state index is 14.1. The Hall–Kier alpha value is -3.43. The molecule has 1 aliphatic heterocycles. The van der Waals surface area contributed by atoms with E-state index < -0.39 is 11.9 Å². The van der Waals surface area contributed by atoms with E-state index in [2.05, 4.69) is 9.97 Å². The number of hydrogen-bond donors (Lipinski definition) is 1. The second-order valence-corrected chi connectivity index (χ2v) is 8.58. The first-order valence-electron chi connectivity index (χ1n) is 10.9. The van der Waals surface area contributed by atoms with Crippen LogP contribution in [0.3, 0.4) is 0 Å². The molecule has 0 radical (unpaired) electrons. The van der Waals surface area contributed by atoms with E-state index in [0.29, 0.717) is 24.7 Å². The monoisotopic (exact) mass is 459 g/mol. The Balaban J connectivity index is 1.87. The first-order chi connectivity index (χ1) is 15.7. The number of anilines is 1. The van der Waals surface area contributed by atoms with Crippen LogP contribution in [0.1, 0.15) is 44.5 Å². The summed E-state index contributed by atoms with van der Waals surface area (Å²) in [5, 5.41) is 0. The number of carbonyl (C=O) groups is 2. The van der Waals surface area contributed by atoms with E-state index in [1.165, 1.54) is 30.7 Å². The largest absolute Gasteiger partial charge is 0.451 e. The molecule has 1 unspecified atom stereocenters. The van der Waals surface area contributed by atoms with Crippen LogP contribution < -0.4 is 15.4 Å². The molecule has 0 spiro atoms. The minimum Gasteiger partial charge on any atom is -0.451 e. The average Bonchev–Trinajstić information content (AvgIpc) is 3.22. The highest BCUT2D eigenvalue weighted by molar-refractivity contribution is 5.97. The Labute approximate surface area is 192 Å². The van der Waals surface area contributed by atoms with Gasteiger partial charge in [-0.25, -0.2) is 19.2 Å². The van der Waals surface area contributed by atoms with Crippen molar-refractivity contribution < 1.29 is 23.5 Å². The lowest BCUT2D eigenvalue weighted by molar-refractivity contribution is 0.0640. The highest BCUT2D eigenvalue weighted by Crippen LogP contribution is 2.35. The molecule has 1 aliphatic rings. The molecule has 0 bridgehead atoms. The maximum Gasteiger partial charge on any atom is 0.404 e. The second kappa shape index (κ2) is 10.5. The molecule has 0 saturated carbocycles. The van der Waals surface area contributed by atoms with Gasteiger partial charge in [-0.05, 0) is 52.3 Å². The molecule has 2 N–H and O–H groups in total. The third kappa shape index (κ3) is 5.88. The van der Waals surface area contributed by atoms with Gasteiger partial charge in [-0.15, -0.1) is 0 Å². The van der Waals surface area contributed by atoms with Gasteiger partial charge in [0.15, 0.2) is 11.6 Å². The van der Waals surface area contributed by atoms with E-state index in [4.69, 9.17) is 15.2 Å². The lowest BCUT2D eigenvalue weighted by Gasteiger charge is -2.31. The third-order valence-electron chi connectivity index (χ3n) is 5.44. The number of benzene rings is 1. The number of amides is 2. The maximum absolute atomic E-state index is 14.1. The van der Waals surface area contributed by atoms with Gasteiger partial charge in [0.2, 0.25) is 0 Å². The molecule has 3 rings (SSSR count). The van der Waals surface area contributed by atoms with Gasteiger partial charge in [-0.3, -0.25) is 4.79 Å². The zero-order chi connectivity index (χ0) is 24.1. The molecule has 0 aliphatic carbocycles. The van der Waals surface area contributed by atoms with Gasteiger partial charge in [0.05, 0.1) is 18.4 Å². The Morgan fingerprint density at radius 1 is 1.24 bits per heavy atom. The van der Waals surface area contributed by atoms with Gasteiger partial charge in [0.25, 0.3) is 5.91 Å². The minimum absolute atomic E-state index is 0.0756. The summed E-state index contributed by atoms with van der Waals surface area (Å²) in [5.74, 6) is 0.358. The van der Waals surface area contributed by atoms with Crippen molar-refractivity contribution in [3.05, 3.63) is 42.1 Å². The molecule has 2 heterocycles. The smallest absolute Gasteiger partial charge is 0.404 e. The van der Waals surface area contributed by atoms with Crippen molar-refractivity contribution in [3.63, 3.8) is 0 Å². The summed E-state index contributed by atoms with van der Waals surface area (Å²) in [6.45, 7) is 9.12. The SMILES string of the molecule is CC(C)N(C(=O)c1cc(F)ccc1Oc1cncnc1N1CCC(COC(N)=O)C1)C(C)C. The number of ether oxygens (including phenoxy) is 2. The van der Waals surface area contributed by atoms with E-state index >= 15 is 0 Å². The van der Waals surface area contributed by atoms with Gasteiger partial charge in [0.1, 0.15) is 17.9 Å². The lowest BCUT2D eigenvalue weighted by Crippen LogP contribution is -2.42. The zero-order valence-corrected chi connectivity index (χ0v) is 19.3. The number of rotatable bonds is 8. The minimum atomic E-state index is -0.801. The van der Waals surface area contributed by atoms with E-state index in [9.17, 15) is 14.0 Å². The van der Waals surface area contributed by atoms with Crippen molar-refractivity contribution >= 4 is 17.8 Å². The highest BCUT2D eigenvalue weighted by atomic mass is 19.1. The molecular weight excluding hydrogens is 429 g/mol. The molecule has 1 atom stereocenters. The number of aromatic nitrogens is 2. The van der Waals surface area contributed by atoms with Crippen LogP contribution in [0, 0.1) is 11.7 Å². The van der Waals surface area contributed by atoms with Crippen molar-refractivity contribution in [3.8, 4) is 11.5 Å². The molecule has 2 aromatic rings. The summed E-state index contributed by atoms with van der Waals surface area (Å²) in [7, 11) is 0. The van der Waals surface area contributed by atoms with E-state index in [-0.39, 0.29) is 41.8 Å². The number of hydrogen-bond acceptors (Lipinski definition) is 7. The first kappa shape index (κ1) is 24.2. The van der Waals surface area contributed by atoms with Crippen LogP contribution in [0.5, 0.6) is 11.5 Å². The summed E-state index contributed by atoms with van der Waals surface area (Å²) in [4.78, 5) is 36.3. The van der Waals surface area contributed by atoms with Crippen molar-refractivity contribution in [2.45, 2.75) is 46.2 Å². The van der Waals surface area contributed by atoms with Crippen molar-refractivity contribution in [2.75, 3.05) is 24.6 Å². The van der Waals surface area contributed by atoms with Crippen LogP contribution in [0.4, 0.5) is 15.0 Å². The summed E-state index contributed by atoms with van der Waals surface area (Å²) >= 11 is 0. The number of nitrogens with zero attached hydrogens (tertiary/aromatic N) is 4. The first-order valence-corrected chi connectivity index (χ1v) is 10.9. The van der Waals surface area contributed by atoms with Crippen LogP contribution in [0.15, 0.2) is 30.7 Å². The van der Waals surface area contributed by atoms with Crippen LogP contribution >= 0.6 is 0 Å². The Morgan fingerprint density at radius 2 is 1.97 bits per heavy atom. The molecule has 1 aromatic heterocycles. The third-order valence-corrected chi connectivity index (χ3v) is 5.44. The molecular formula is C23H30FN5O4. The van der Waals surface area contributed by atoms with Gasteiger partial charge in [-0.2, -0.15) is 0 Å². The number of carbonyl (C=O) groups excluding carboxylic acids is 2. The molecule has 10 heteroatoms. The van der Waals surface area contributed by atoms with Gasteiger partial charge < -0.3 is 25.0 Å². The Morgan fingerprint density at radius 3 is 2.64 bits per heavy atom. The van der Waals surface area contributed by atoms with Crippen molar-refractivity contribution in [2.24, 2.45) is 11.7 Å². The Bertz CT molecular complexity index is 993. The predicted octanol–water partition coefficient (Wildman–Crippen LogP) is 3.59. The van der Waals surface area contributed by atoms with E-state index in [0.717, 1.165) is 6.42 Å². The van der Waals surface area contributed by atoms with Crippen molar-refractivity contribution in [1.82, 2.24) is 14.9 Å². The van der Waals surface area contributed by atoms with E-state index in [1.807, 2.05) is 32.6 Å². The predicted molar refractivity (Wildman–Crippen MR) is 121 cm³/mol. The summed E-state index contributed by atoms with van der Waals surface area (Å²) in [6.07, 6.45) is 2.90. The fourth-order valence-corrected chi connectivity index (χ4v) is 4.06. The fourth-order valence-electron chi connectivity index (χ4n) is 4.06. The molecule has 33 heavy (non-hydrogen) atoms. The van der Waals surface area contributed by atoms with Crippen LogP contribution in [-0.2, 0) is 4.74 Å². The van der Waals surface area contributed by atoms with Crippen LogP contribution in [-0.4, -0.2) is 58.6 Å². The van der Waals surface area contributed by atoms with Crippen LogP contribution in [0.2, 0.25) is 0 Å². The summed E-state index contributed by atoms with van der Waals surface area (Å²) < 4.78 is 25.1. The quantitative estimate of drug-likeness (QED) is 0.642. The topological polar surface area (TPSA) is 111 Å². The summed E-state index contributed by atoms with van der Waals surface area (Å²) in [5.41, 5.74) is 5.19. The molecule has 9 nitrogen and oxygen atoms in total. The zero-order valence-electron chi connectivity index (χ0n) is 19.3.